The van der Waals surface area contributed by atoms with Gasteiger partial charge in [0.2, 0.25) is 5.91 Å². The number of nitro benzene ring substituents is 1. The molecule has 0 atom stereocenters. The minimum absolute atomic E-state index is 0.182. The molecular weight excluding hydrogens is 250 g/mol. The van der Waals surface area contributed by atoms with E-state index in [1.165, 1.54) is 12.1 Å². The monoisotopic (exact) mass is 265 g/mol. The number of nitrogens with one attached hydrogen (secondary N) is 2. The van der Waals surface area contributed by atoms with Crippen molar-refractivity contribution >= 4 is 17.3 Å². The van der Waals surface area contributed by atoms with Gasteiger partial charge in [0.25, 0.3) is 5.69 Å². The average molecular weight is 265 g/mol. The molecule has 102 valence electrons. The number of carbonyl (C=O) groups excluding carboxylic acids is 1. The van der Waals surface area contributed by atoms with Crippen LogP contribution < -0.4 is 10.6 Å². The summed E-state index contributed by atoms with van der Waals surface area (Å²) in [5.74, 6) is -0.546. The molecule has 1 aromatic carbocycles. The smallest absolute Gasteiger partial charge is 0.273 e. The van der Waals surface area contributed by atoms with E-state index in [1.807, 2.05) is 0 Å². The molecule has 0 spiro atoms. The van der Waals surface area contributed by atoms with E-state index >= 15 is 0 Å². The molecule has 1 fully saturated rings. The summed E-state index contributed by atoms with van der Waals surface area (Å²) < 4.78 is 0. The third-order valence-corrected chi connectivity index (χ3v) is 2.83. The van der Waals surface area contributed by atoms with Crippen LogP contribution in [0.4, 0.5) is 11.4 Å². The molecule has 0 heterocycles. The van der Waals surface area contributed by atoms with E-state index in [0.717, 1.165) is 18.9 Å². The lowest BCUT2D eigenvalue weighted by atomic mass is 10.2. The first kappa shape index (κ1) is 13.3. The van der Waals surface area contributed by atoms with E-state index in [-0.39, 0.29) is 23.0 Å². The maximum absolute atomic E-state index is 11.6. The molecule has 0 unspecified atom stereocenters. The lowest BCUT2D eigenvalue weighted by Gasteiger charge is -2.07. The quantitative estimate of drug-likeness (QED) is 0.409. The van der Waals surface area contributed by atoms with Crippen LogP contribution in [-0.4, -0.2) is 28.5 Å². The number of rotatable bonds is 6. The van der Waals surface area contributed by atoms with Gasteiger partial charge >= 0.3 is 0 Å². The van der Waals surface area contributed by atoms with Gasteiger partial charge in [0.05, 0.1) is 16.7 Å². The molecule has 1 aliphatic rings. The van der Waals surface area contributed by atoms with Gasteiger partial charge in [-0.1, -0.05) is 0 Å². The highest BCUT2D eigenvalue weighted by molar-refractivity contribution is 5.92. The fraction of sp³-hybridized carbons (Fsp3) is 0.417. The topological polar surface area (TPSA) is 104 Å². The summed E-state index contributed by atoms with van der Waals surface area (Å²) in [6.45, 7) is 0.588. The van der Waals surface area contributed by atoms with Crippen molar-refractivity contribution in [3.05, 3.63) is 28.3 Å². The second kappa shape index (κ2) is 5.66. The van der Waals surface area contributed by atoms with Gasteiger partial charge in [-0.05, 0) is 18.9 Å². The van der Waals surface area contributed by atoms with Crippen molar-refractivity contribution in [3.63, 3.8) is 0 Å². The maximum atomic E-state index is 11.6. The fourth-order valence-corrected chi connectivity index (χ4v) is 1.63. The Balaban J connectivity index is 1.86. The highest BCUT2D eigenvalue weighted by atomic mass is 16.6. The van der Waals surface area contributed by atoms with E-state index < -0.39 is 4.92 Å². The first-order valence-corrected chi connectivity index (χ1v) is 6.07. The van der Waals surface area contributed by atoms with Gasteiger partial charge in [-0.25, -0.2) is 0 Å². The zero-order valence-corrected chi connectivity index (χ0v) is 10.3. The average Bonchev–Trinajstić information content (AvgIpc) is 3.15. The second-order valence-electron chi connectivity index (χ2n) is 4.49. The normalized spacial score (nSPS) is 14.1. The third kappa shape index (κ3) is 3.92. The number of hydrogen-bond donors (Lipinski definition) is 3. The summed E-state index contributed by atoms with van der Waals surface area (Å²) >= 11 is 0. The number of phenolic OH excluding ortho intramolecular Hbond substituents is 1. The molecule has 1 saturated carbocycles. The third-order valence-electron chi connectivity index (χ3n) is 2.83. The number of non-ortho nitro benzene ring substituents is 1. The van der Waals surface area contributed by atoms with Crippen LogP contribution in [0.2, 0.25) is 0 Å². The first-order valence-electron chi connectivity index (χ1n) is 6.07. The Labute approximate surface area is 109 Å². The molecule has 3 N–H and O–H groups in total. The minimum Gasteiger partial charge on any atom is -0.506 e. The van der Waals surface area contributed by atoms with Crippen molar-refractivity contribution in [2.45, 2.75) is 25.3 Å². The molecule has 0 aromatic heterocycles. The highest BCUT2D eigenvalue weighted by Gasteiger charge is 2.20. The Morgan fingerprint density at radius 1 is 1.47 bits per heavy atom. The minimum atomic E-state index is -0.606. The number of carbonyl (C=O) groups is 1. The van der Waals surface area contributed by atoms with Crippen molar-refractivity contribution in [2.75, 3.05) is 11.9 Å². The van der Waals surface area contributed by atoms with E-state index in [9.17, 15) is 20.0 Å². The largest absolute Gasteiger partial charge is 0.506 e. The zero-order valence-electron chi connectivity index (χ0n) is 10.3. The van der Waals surface area contributed by atoms with Crippen LogP contribution >= 0.6 is 0 Å². The van der Waals surface area contributed by atoms with Crippen LogP contribution in [0.5, 0.6) is 5.75 Å². The van der Waals surface area contributed by atoms with Crippen molar-refractivity contribution in [1.29, 1.82) is 0 Å². The summed E-state index contributed by atoms with van der Waals surface area (Å²) in [5, 5.41) is 25.8. The SMILES string of the molecule is O=C(CCNC1CC1)Nc1ccc([N+](=O)[O-])cc1O. The molecule has 2 rings (SSSR count). The van der Waals surface area contributed by atoms with E-state index in [4.69, 9.17) is 0 Å². The van der Waals surface area contributed by atoms with Crippen molar-refractivity contribution in [2.24, 2.45) is 0 Å². The summed E-state index contributed by atoms with van der Waals surface area (Å²) in [6, 6.07) is 4.11. The molecule has 1 amide bonds. The predicted molar refractivity (Wildman–Crippen MR) is 69.0 cm³/mol. The van der Waals surface area contributed by atoms with Gasteiger partial charge in [0.1, 0.15) is 5.75 Å². The van der Waals surface area contributed by atoms with Gasteiger partial charge < -0.3 is 15.7 Å². The Bertz CT molecular complexity index is 500. The Morgan fingerprint density at radius 3 is 2.79 bits per heavy atom. The first-order chi connectivity index (χ1) is 9.06. The molecule has 1 aliphatic carbocycles. The van der Waals surface area contributed by atoms with Crippen molar-refractivity contribution < 1.29 is 14.8 Å². The van der Waals surface area contributed by atoms with Gasteiger partial charge in [0, 0.05) is 25.1 Å². The number of nitro groups is 1. The van der Waals surface area contributed by atoms with Gasteiger partial charge in [-0.3, -0.25) is 14.9 Å². The summed E-state index contributed by atoms with van der Waals surface area (Å²) in [4.78, 5) is 21.5. The second-order valence-corrected chi connectivity index (χ2v) is 4.49. The molecule has 1 aromatic rings. The van der Waals surface area contributed by atoms with Crippen LogP contribution in [0.3, 0.4) is 0 Å². The number of hydrogen-bond acceptors (Lipinski definition) is 5. The summed E-state index contributed by atoms with van der Waals surface area (Å²) in [7, 11) is 0. The van der Waals surface area contributed by atoms with E-state index in [2.05, 4.69) is 10.6 Å². The fourth-order valence-electron chi connectivity index (χ4n) is 1.63. The molecule has 7 nitrogen and oxygen atoms in total. The number of anilines is 1. The number of amides is 1. The van der Waals surface area contributed by atoms with Gasteiger partial charge in [-0.15, -0.1) is 0 Å². The summed E-state index contributed by atoms with van der Waals surface area (Å²) in [6.07, 6.45) is 2.61. The van der Waals surface area contributed by atoms with Crippen LogP contribution in [0.25, 0.3) is 0 Å². The van der Waals surface area contributed by atoms with Crippen LogP contribution in [0, 0.1) is 10.1 Å². The molecule has 19 heavy (non-hydrogen) atoms. The maximum Gasteiger partial charge on any atom is 0.273 e. The van der Waals surface area contributed by atoms with Crippen LogP contribution in [0.1, 0.15) is 19.3 Å². The standard InChI is InChI=1S/C12H15N3O4/c16-11-7-9(15(18)19)3-4-10(11)14-12(17)5-6-13-8-1-2-8/h3-4,7-8,13,16H,1-2,5-6H2,(H,14,17). The number of benzene rings is 1. The van der Waals surface area contributed by atoms with E-state index in [1.54, 1.807) is 0 Å². The highest BCUT2D eigenvalue weighted by Crippen LogP contribution is 2.27. The van der Waals surface area contributed by atoms with Crippen molar-refractivity contribution in [1.82, 2.24) is 5.32 Å². The lowest BCUT2D eigenvalue weighted by molar-refractivity contribution is -0.384. The molecular formula is C12H15N3O4. The Kier molecular flexibility index (Phi) is 3.96. The predicted octanol–water partition coefficient (Wildman–Crippen LogP) is 1.38. The van der Waals surface area contributed by atoms with Crippen LogP contribution in [0.15, 0.2) is 18.2 Å². The van der Waals surface area contributed by atoms with E-state index in [0.29, 0.717) is 19.0 Å². The lowest BCUT2D eigenvalue weighted by Crippen LogP contribution is -2.23. The molecule has 7 heteroatoms. The zero-order chi connectivity index (χ0) is 13.8. The number of phenols is 1. The number of aromatic hydroxyl groups is 1. The molecule has 0 aliphatic heterocycles. The molecule has 0 saturated heterocycles. The van der Waals surface area contributed by atoms with Crippen molar-refractivity contribution in [3.8, 4) is 5.75 Å². The Morgan fingerprint density at radius 2 is 2.21 bits per heavy atom. The van der Waals surface area contributed by atoms with Gasteiger partial charge in [-0.2, -0.15) is 0 Å². The molecule has 0 bridgehead atoms. The summed E-state index contributed by atoms with van der Waals surface area (Å²) in [5.41, 5.74) is -0.0343. The van der Waals surface area contributed by atoms with Crippen LogP contribution in [-0.2, 0) is 4.79 Å². The number of nitrogens with zero attached hydrogens (tertiary/aromatic N) is 1. The molecule has 0 radical (unpaired) electrons. The Hall–Kier alpha value is -2.15. The van der Waals surface area contributed by atoms with Gasteiger partial charge in [0.15, 0.2) is 0 Å².